The van der Waals surface area contributed by atoms with Crippen molar-refractivity contribution in [3.63, 3.8) is 0 Å². The van der Waals surface area contributed by atoms with Gasteiger partial charge in [-0.1, -0.05) is 0 Å². The van der Waals surface area contributed by atoms with Gasteiger partial charge in [0.1, 0.15) is 0 Å². The van der Waals surface area contributed by atoms with Crippen LogP contribution in [0.2, 0.25) is 0 Å². The number of nitrogens with one attached hydrogen (secondary N) is 1. The molecule has 0 amide bonds. The lowest BCUT2D eigenvalue weighted by Gasteiger charge is -2.29. The summed E-state index contributed by atoms with van der Waals surface area (Å²) in [6.07, 6.45) is -0.787. The first-order valence-corrected chi connectivity index (χ1v) is 3.19. The highest BCUT2D eigenvalue weighted by molar-refractivity contribution is 4.84. The molecule has 0 heterocycles. The van der Waals surface area contributed by atoms with Crippen LogP contribution < -0.4 is 5.48 Å². The van der Waals surface area contributed by atoms with Crippen LogP contribution in [0.3, 0.4) is 0 Å². The fraction of sp³-hybridized carbons (Fsp3) is 1.00. The standard InChI is InChI=1S/C6H15NO3/c1-4(8)5(7-10)6(2,3)9/h4-5,7-10H,1-3H3. The van der Waals surface area contributed by atoms with Crippen molar-refractivity contribution >= 4 is 0 Å². The Morgan fingerprint density at radius 3 is 1.80 bits per heavy atom. The lowest BCUT2D eigenvalue weighted by atomic mass is 9.96. The zero-order valence-electron chi connectivity index (χ0n) is 6.50. The summed E-state index contributed by atoms with van der Waals surface area (Å²) in [6, 6.07) is -0.715. The molecule has 0 saturated heterocycles. The van der Waals surface area contributed by atoms with E-state index in [0.717, 1.165) is 0 Å². The molecule has 0 fully saturated rings. The van der Waals surface area contributed by atoms with Crippen LogP contribution in [0.1, 0.15) is 20.8 Å². The maximum Gasteiger partial charge on any atom is 0.0857 e. The lowest BCUT2D eigenvalue weighted by molar-refractivity contribution is -0.0638. The summed E-state index contributed by atoms with van der Waals surface area (Å²) >= 11 is 0. The van der Waals surface area contributed by atoms with E-state index in [-0.39, 0.29) is 0 Å². The number of hydroxylamine groups is 1. The van der Waals surface area contributed by atoms with Crippen molar-refractivity contribution in [2.24, 2.45) is 0 Å². The Labute approximate surface area is 60.5 Å². The summed E-state index contributed by atoms with van der Waals surface area (Å²) in [6.45, 7) is 4.51. The van der Waals surface area contributed by atoms with Crippen molar-refractivity contribution in [1.82, 2.24) is 5.48 Å². The Morgan fingerprint density at radius 1 is 1.40 bits per heavy atom. The Balaban J connectivity index is 4.07. The third-order valence-corrected chi connectivity index (χ3v) is 1.38. The van der Waals surface area contributed by atoms with E-state index in [2.05, 4.69) is 0 Å². The van der Waals surface area contributed by atoms with E-state index >= 15 is 0 Å². The Morgan fingerprint density at radius 2 is 1.80 bits per heavy atom. The topological polar surface area (TPSA) is 72.7 Å². The van der Waals surface area contributed by atoms with Crippen LogP contribution in [-0.4, -0.2) is 33.2 Å². The zero-order chi connectivity index (χ0) is 8.36. The minimum Gasteiger partial charge on any atom is -0.392 e. The molecular weight excluding hydrogens is 134 g/mol. The molecule has 4 N–H and O–H groups in total. The minimum absolute atomic E-state index is 0.715. The van der Waals surface area contributed by atoms with Gasteiger partial charge in [-0.3, -0.25) is 0 Å². The molecule has 0 spiro atoms. The molecule has 0 bridgehead atoms. The highest BCUT2D eigenvalue weighted by Crippen LogP contribution is 2.10. The molecule has 4 nitrogen and oxygen atoms in total. The van der Waals surface area contributed by atoms with Crippen molar-refractivity contribution < 1.29 is 15.4 Å². The molecule has 0 aliphatic carbocycles. The molecule has 0 aromatic rings. The van der Waals surface area contributed by atoms with Crippen molar-refractivity contribution in [3.05, 3.63) is 0 Å². The van der Waals surface area contributed by atoms with E-state index in [0.29, 0.717) is 0 Å². The SMILES string of the molecule is CC(O)C(NO)C(C)(C)O. The number of aliphatic hydroxyl groups excluding tert-OH is 1. The van der Waals surface area contributed by atoms with Gasteiger partial charge < -0.3 is 15.4 Å². The summed E-state index contributed by atoms with van der Waals surface area (Å²) in [5.74, 6) is 0. The van der Waals surface area contributed by atoms with E-state index < -0.39 is 17.7 Å². The number of hydrogen-bond donors (Lipinski definition) is 4. The molecule has 62 valence electrons. The number of hydrogen-bond acceptors (Lipinski definition) is 4. The molecule has 0 aliphatic heterocycles. The zero-order valence-corrected chi connectivity index (χ0v) is 6.50. The summed E-state index contributed by atoms with van der Waals surface area (Å²) in [5.41, 5.74) is 0.719. The average Bonchev–Trinajstić information content (AvgIpc) is 1.60. The maximum atomic E-state index is 9.27. The third kappa shape index (κ3) is 2.62. The van der Waals surface area contributed by atoms with Crippen LogP contribution in [0.4, 0.5) is 0 Å². The predicted molar refractivity (Wildman–Crippen MR) is 36.7 cm³/mol. The van der Waals surface area contributed by atoms with Gasteiger partial charge in [-0.2, -0.15) is 5.48 Å². The quantitative estimate of drug-likeness (QED) is 0.408. The molecule has 0 aromatic carbocycles. The largest absolute Gasteiger partial charge is 0.392 e. The van der Waals surface area contributed by atoms with E-state index in [1.165, 1.54) is 20.8 Å². The first kappa shape index (κ1) is 9.84. The molecule has 0 aliphatic rings. The van der Waals surface area contributed by atoms with Gasteiger partial charge in [0.15, 0.2) is 0 Å². The van der Waals surface area contributed by atoms with Gasteiger partial charge in [0.05, 0.1) is 17.7 Å². The van der Waals surface area contributed by atoms with Gasteiger partial charge in [-0.25, -0.2) is 0 Å². The number of rotatable bonds is 3. The highest BCUT2D eigenvalue weighted by atomic mass is 16.5. The van der Waals surface area contributed by atoms with Crippen LogP contribution in [0.15, 0.2) is 0 Å². The first-order chi connectivity index (χ1) is 4.39. The van der Waals surface area contributed by atoms with Crippen molar-refractivity contribution in [2.75, 3.05) is 0 Å². The Bertz CT molecular complexity index is 97.7. The summed E-state index contributed by atoms with van der Waals surface area (Å²) in [5, 5.41) is 26.7. The maximum absolute atomic E-state index is 9.27. The first-order valence-electron chi connectivity index (χ1n) is 3.19. The van der Waals surface area contributed by atoms with Gasteiger partial charge in [-0.15, -0.1) is 0 Å². The molecule has 0 rings (SSSR count). The third-order valence-electron chi connectivity index (χ3n) is 1.38. The van der Waals surface area contributed by atoms with Crippen molar-refractivity contribution in [2.45, 2.75) is 38.5 Å². The van der Waals surface area contributed by atoms with Crippen LogP contribution >= 0.6 is 0 Å². The van der Waals surface area contributed by atoms with Crippen LogP contribution in [-0.2, 0) is 0 Å². The van der Waals surface area contributed by atoms with Gasteiger partial charge in [0, 0.05) is 0 Å². The van der Waals surface area contributed by atoms with E-state index in [4.69, 9.17) is 10.3 Å². The normalized spacial score (nSPS) is 18.6. The highest BCUT2D eigenvalue weighted by Gasteiger charge is 2.29. The summed E-state index contributed by atoms with van der Waals surface area (Å²) < 4.78 is 0. The second kappa shape index (κ2) is 3.30. The van der Waals surface area contributed by atoms with E-state index in [1.54, 1.807) is 0 Å². The van der Waals surface area contributed by atoms with Gasteiger partial charge in [0.25, 0.3) is 0 Å². The smallest absolute Gasteiger partial charge is 0.0857 e. The fourth-order valence-corrected chi connectivity index (χ4v) is 0.856. The fourth-order valence-electron chi connectivity index (χ4n) is 0.856. The second-order valence-corrected chi connectivity index (χ2v) is 3.00. The lowest BCUT2D eigenvalue weighted by Crippen LogP contribution is -2.51. The minimum atomic E-state index is -1.12. The predicted octanol–water partition coefficient (Wildman–Crippen LogP) is -0.515. The van der Waals surface area contributed by atoms with Gasteiger partial charge >= 0.3 is 0 Å². The van der Waals surface area contributed by atoms with E-state index in [1.807, 2.05) is 5.48 Å². The second-order valence-electron chi connectivity index (χ2n) is 3.00. The summed E-state index contributed by atoms with van der Waals surface area (Å²) in [7, 11) is 0. The van der Waals surface area contributed by atoms with E-state index in [9.17, 15) is 5.11 Å². The summed E-state index contributed by atoms with van der Waals surface area (Å²) in [4.78, 5) is 0. The molecule has 2 atom stereocenters. The van der Waals surface area contributed by atoms with Gasteiger partial charge in [-0.05, 0) is 20.8 Å². The Kier molecular flexibility index (Phi) is 3.24. The van der Waals surface area contributed by atoms with Crippen molar-refractivity contribution in [1.29, 1.82) is 0 Å². The average molecular weight is 149 g/mol. The van der Waals surface area contributed by atoms with Crippen LogP contribution in [0.25, 0.3) is 0 Å². The van der Waals surface area contributed by atoms with Crippen molar-refractivity contribution in [3.8, 4) is 0 Å². The molecule has 0 saturated carbocycles. The Hall–Kier alpha value is -0.160. The molecule has 4 heteroatoms. The number of aliphatic hydroxyl groups is 2. The van der Waals surface area contributed by atoms with Gasteiger partial charge in [0.2, 0.25) is 0 Å². The van der Waals surface area contributed by atoms with Crippen LogP contribution in [0, 0.1) is 0 Å². The molecule has 2 unspecified atom stereocenters. The molecule has 0 radical (unpaired) electrons. The molecule has 10 heavy (non-hydrogen) atoms. The molecule has 0 aromatic heterocycles. The monoisotopic (exact) mass is 149 g/mol. The molecular formula is C6H15NO3. The van der Waals surface area contributed by atoms with Crippen LogP contribution in [0.5, 0.6) is 0 Å².